The number of nitrogens with zero attached hydrogens (tertiary/aromatic N) is 1. The standard InChI is InChI=1S/C6H10N2O3S2/c1-6(2,13(3,9)10)4-7-8-5(12)11-4/h1-3H3,(H,8,12). The van der Waals surface area contributed by atoms with Gasteiger partial charge in [0.1, 0.15) is 4.75 Å². The maximum atomic E-state index is 11.3. The second-order valence-electron chi connectivity index (χ2n) is 3.20. The van der Waals surface area contributed by atoms with Gasteiger partial charge < -0.3 is 4.42 Å². The lowest BCUT2D eigenvalue weighted by atomic mass is 10.2. The molecular weight excluding hydrogens is 212 g/mol. The number of sulfone groups is 1. The third-order valence-corrected chi connectivity index (χ3v) is 4.08. The van der Waals surface area contributed by atoms with Gasteiger partial charge in [0.2, 0.25) is 5.89 Å². The molecule has 1 aromatic rings. The SMILES string of the molecule is CC(C)(c1n[nH]c(=S)o1)S(C)(=O)=O. The molecule has 0 spiro atoms. The lowest BCUT2D eigenvalue weighted by Gasteiger charge is -2.16. The van der Waals surface area contributed by atoms with Gasteiger partial charge in [-0.15, -0.1) is 5.10 Å². The van der Waals surface area contributed by atoms with Gasteiger partial charge in [-0.2, -0.15) is 0 Å². The minimum Gasteiger partial charge on any atom is -0.412 e. The van der Waals surface area contributed by atoms with E-state index in [9.17, 15) is 8.42 Å². The molecule has 7 heteroatoms. The van der Waals surface area contributed by atoms with Crippen molar-refractivity contribution in [2.24, 2.45) is 0 Å². The van der Waals surface area contributed by atoms with Crippen molar-refractivity contribution in [2.45, 2.75) is 18.6 Å². The average Bonchev–Trinajstić information content (AvgIpc) is 2.33. The van der Waals surface area contributed by atoms with Gasteiger partial charge in [-0.25, -0.2) is 13.5 Å². The molecule has 0 saturated carbocycles. The molecule has 0 saturated heterocycles. The second kappa shape index (κ2) is 2.91. The third kappa shape index (κ3) is 1.80. The second-order valence-corrected chi connectivity index (χ2v) is 6.14. The van der Waals surface area contributed by atoms with E-state index in [-0.39, 0.29) is 10.7 Å². The number of nitrogens with one attached hydrogen (secondary N) is 1. The molecule has 13 heavy (non-hydrogen) atoms. The molecule has 1 N–H and O–H groups in total. The van der Waals surface area contributed by atoms with E-state index >= 15 is 0 Å². The first kappa shape index (κ1) is 10.4. The third-order valence-electron chi connectivity index (χ3n) is 1.88. The van der Waals surface area contributed by atoms with Crippen molar-refractivity contribution in [3.8, 4) is 0 Å². The van der Waals surface area contributed by atoms with E-state index < -0.39 is 14.6 Å². The number of aromatic nitrogens is 2. The van der Waals surface area contributed by atoms with Crippen LogP contribution in [0.25, 0.3) is 0 Å². The van der Waals surface area contributed by atoms with Crippen LogP contribution in [-0.2, 0) is 14.6 Å². The first-order valence-electron chi connectivity index (χ1n) is 3.51. The zero-order valence-corrected chi connectivity index (χ0v) is 9.12. The van der Waals surface area contributed by atoms with Crippen molar-refractivity contribution >= 4 is 22.1 Å². The highest BCUT2D eigenvalue weighted by molar-refractivity contribution is 7.91. The Bertz CT molecular complexity index is 454. The smallest absolute Gasteiger partial charge is 0.284 e. The van der Waals surface area contributed by atoms with E-state index in [1.54, 1.807) is 0 Å². The summed E-state index contributed by atoms with van der Waals surface area (Å²) in [7, 11) is -3.26. The molecule has 0 aliphatic rings. The van der Waals surface area contributed by atoms with Gasteiger partial charge in [0, 0.05) is 6.26 Å². The molecule has 0 bridgehead atoms. The van der Waals surface area contributed by atoms with E-state index in [1.165, 1.54) is 13.8 Å². The molecule has 0 amide bonds. The molecule has 1 heterocycles. The number of H-pyrrole nitrogens is 1. The van der Waals surface area contributed by atoms with Crippen molar-refractivity contribution < 1.29 is 12.8 Å². The van der Waals surface area contributed by atoms with E-state index in [1.807, 2.05) is 0 Å². The Kier molecular flexibility index (Phi) is 2.33. The minimum atomic E-state index is -3.26. The first-order chi connectivity index (χ1) is 5.75. The molecule has 5 nitrogen and oxygen atoms in total. The largest absolute Gasteiger partial charge is 0.412 e. The fourth-order valence-corrected chi connectivity index (χ4v) is 1.18. The van der Waals surface area contributed by atoms with E-state index in [4.69, 9.17) is 4.42 Å². The zero-order chi connectivity index (χ0) is 10.3. The van der Waals surface area contributed by atoms with Crippen molar-refractivity contribution in [1.29, 1.82) is 0 Å². The van der Waals surface area contributed by atoms with Crippen molar-refractivity contribution in [3.63, 3.8) is 0 Å². The molecular formula is C6H10N2O3S2. The summed E-state index contributed by atoms with van der Waals surface area (Å²) in [6.07, 6.45) is 1.13. The summed E-state index contributed by atoms with van der Waals surface area (Å²) in [6, 6.07) is 0. The Hall–Kier alpha value is -0.690. The lowest BCUT2D eigenvalue weighted by Crippen LogP contribution is -2.28. The van der Waals surface area contributed by atoms with Crippen molar-refractivity contribution in [1.82, 2.24) is 10.2 Å². The predicted octanol–water partition coefficient (Wildman–Crippen LogP) is 1.01. The van der Waals surface area contributed by atoms with Crippen molar-refractivity contribution in [3.05, 3.63) is 10.7 Å². The van der Waals surface area contributed by atoms with E-state index in [2.05, 4.69) is 22.4 Å². The molecule has 0 aliphatic heterocycles. The highest BCUT2D eigenvalue weighted by Gasteiger charge is 2.37. The van der Waals surface area contributed by atoms with Crippen LogP contribution >= 0.6 is 12.2 Å². The summed E-state index contributed by atoms with van der Waals surface area (Å²) in [5, 5.41) is 6.06. The van der Waals surface area contributed by atoms with Crippen LogP contribution < -0.4 is 0 Å². The number of aromatic amines is 1. The predicted molar refractivity (Wildman–Crippen MR) is 49.6 cm³/mol. The van der Waals surface area contributed by atoms with Crippen LogP contribution in [0.5, 0.6) is 0 Å². The molecule has 1 rings (SSSR count). The van der Waals surface area contributed by atoms with E-state index in [0.29, 0.717) is 0 Å². The van der Waals surface area contributed by atoms with Gasteiger partial charge in [-0.05, 0) is 26.1 Å². The summed E-state index contributed by atoms with van der Waals surface area (Å²) in [6.45, 7) is 3.02. The van der Waals surface area contributed by atoms with Crippen LogP contribution in [-0.4, -0.2) is 24.9 Å². The fourth-order valence-electron chi connectivity index (χ4n) is 0.646. The van der Waals surface area contributed by atoms with Crippen LogP contribution in [0.15, 0.2) is 4.42 Å². The van der Waals surface area contributed by atoms with Gasteiger partial charge in [0.15, 0.2) is 9.84 Å². The number of hydrogen-bond acceptors (Lipinski definition) is 5. The Morgan fingerprint density at radius 1 is 1.54 bits per heavy atom. The average molecular weight is 222 g/mol. The van der Waals surface area contributed by atoms with E-state index in [0.717, 1.165) is 6.26 Å². The molecule has 74 valence electrons. The zero-order valence-electron chi connectivity index (χ0n) is 7.49. The lowest BCUT2D eigenvalue weighted by molar-refractivity contribution is 0.425. The number of hydrogen-bond donors (Lipinski definition) is 1. The van der Waals surface area contributed by atoms with Gasteiger partial charge in [0.05, 0.1) is 0 Å². The summed E-state index contributed by atoms with van der Waals surface area (Å²) in [5.41, 5.74) is 0. The first-order valence-corrected chi connectivity index (χ1v) is 5.80. The number of rotatable bonds is 2. The topological polar surface area (TPSA) is 76.0 Å². The van der Waals surface area contributed by atoms with Gasteiger partial charge in [-0.1, -0.05) is 0 Å². The van der Waals surface area contributed by atoms with Crippen LogP contribution in [0, 0.1) is 4.84 Å². The molecule has 0 aromatic carbocycles. The van der Waals surface area contributed by atoms with Gasteiger partial charge in [0.25, 0.3) is 4.84 Å². The Balaban J connectivity index is 3.31. The molecule has 0 atom stereocenters. The summed E-state index contributed by atoms with van der Waals surface area (Å²) < 4.78 is 26.4. The highest BCUT2D eigenvalue weighted by Crippen LogP contribution is 2.26. The van der Waals surface area contributed by atoms with Gasteiger partial charge >= 0.3 is 0 Å². The van der Waals surface area contributed by atoms with Crippen LogP contribution in [0.2, 0.25) is 0 Å². The summed E-state index contributed by atoms with van der Waals surface area (Å²) in [5.74, 6) is 0.0833. The maximum Gasteiger partial charge on any atom is 0.284 e. The molecule has 0 fully saturated rings. The normalized spacial score (nSPS) is 13.2. The van der Waals surface area contributed by atoms with Crippen molar-refractivity contribution in [2.75, 3.05) is 6.26 Å². The van der Waals surface area contributed by atoms with Crippen LogP contribution in [0.3, 0.4) is 0 Å². The fraction of sp³-hybridized carbons (Fsp3) is 0.667. The molecule has 0 aliphatic carbocycles. The molecule has 1 aromatic heterocycles. The highest BCUT2D eigenvalue weighted by atomic mass is 32.2. The monoisotopic (exact) mass is 222 g/mol. The summed E-state index contributed by atoms with van der Waals surface area (Å²) >= 11 is 4.65. The maximum absolute atomic E-state index is 11.3. The molecule has 0 radical (unpaired) electrons. The minimum absolute atomic E-state index is 0.0757. The van der Waals surface area contributed by atoms with Crippen LogP contribution in [0.1, 0.15) is 19.7 Å². The Morgan fingerprint density at radius 3 is 2.38 bits per heavy atom. The Labute approximate surface area is 81.1 Å². The van der Waals surface area contributed by atoms with Crippen LogP contribution in [0.4, 0.5) is 0 Å². The van der Waals surface area contributed by atoms with Gasteiger partial charge in [-0.3, -0.25) is 0 Å². The molecule has 0 unspecified atom stereocenters. The summed E-state index contributed by atoms with van der Waals surface area (Å²) in [4.78, 5) is 0.0757. The Morgan fingerprint density at radius 2 is 2.08 bits per heavy atom. The quantitative estimate of drug-likeness (QED) is 0.756.